The van der Waals surface area contributed by atoms with Crippen LogP contribution in [0, 0.1) is 0 Å². The first kappa shape index (κ1) is 12.3. The highest BCUT2D eigenvalue weighted by Crippen LogP contribution is 2.22. The van der Waals surface area contributed by atoms with E-state index in [0.717, 1.165) is 29.3 Å². The summed E-state index contributed by atoms with van der Waals surface area (Å²) in [6.45, 7) is 5.11. The largest absolute Gasteiger partial charge is 0.496 e. The second-order valence-electron chi connectivity index (χ2n) is 3.65. The molecule has 0 spiro atoms. The van der Waals surface area contributed by atoms with E-state index < -0.39 is 0 Å². The van der Waals surface area contributed by atoms with Crippen molar-refractivity contribution in [2.24, 2.45) is 0 Å². The molecule has 0 heterocycles. The molecule has 0 aliphatic carbocycles. The molecule has 1 N–H and O–H groups in total. The van der Waals surface area contributed by atoms with Crippen LogP contribution in [-0.2, 0) is 6.54 Å². The number of hydrogen-bond donors (Lipinski definition) is 1. The zero-order valence-corrected chi connectivity index (χ0v) is 10.3. The van der Waals surface area contributed by atoms with Crippen LogP contribution >= 0.6 is 11.6 Å². The van der Waals surface area contributed by atoms with Gasteiger partial charge in [0.25, 0.3) is 0 Å². The van der Waals surface area contributed by atoms with Crippen molar-refractivity contribution >= 4 is 11.6 Å². The Balaban J connectivity index is 2.69. The molecular formula is C12H18ClNO. The molecular weight excluding hydrogens is 210 g/mol. The van der Waals surface area contributed by atoms with Crippen LogP contribution in [0.25, 0.3) is 0 Å². The summed E-state index contributed by atoms with van der Waals surface area (Å²) in [5, 5.41) is 4.16. The van der Waals surface area contributed by atoms with Gasteiger partial charge in [-0.15, -0.1) is 0 Å². The Labute approximate surface area is 96.6 Å². The Bertz CT molecular complexity index is 314. The van der Waals surface area contributed by atoms with Crippen LogP contribution < -0.4 is 10.1 Å². The van der Waals surface area contributed by atoms with Gasteiger partial charge in [-0.3, -0.25) is 0 Å². The maximum atomic E-state index is 5.94. The van der Waals surface area contributed by atoms with Crippen molar-refractivity contribution in [3.05, 3.63) is 28.8 Å². The number of nitrogens with one attached hydrogen (secondary N) is 1. The van der Waals surface area contributed by atoms with Crippen molar-refractivity contribution in [2.45, 2.75) is 32.9 Å². The first-order chi connectivity index (χ1) is 7.17. The molecule has 1 aromatic carbocycles. The Kier molecular flexibility index (Phi) is 4.92. The van der Waals surface area contributed by atoms with Crippen molar-refractivity contribution < 1.29 is 4.74 Å². The van der Waals surface area contributed by atoms with Gasteiger partial charge in [0.2, 0.25) is 0 Å². The first-order valence-corrected chi connectivity index (χ1v) is 5.61. The predicted molar refractivity (Wildman–Crippen MR) is 64.6 cm³/mol. The molecule has 2 nitrogen and oxygen atoms in total. The van der Waals surface area contributed by atoms with E-state index in [1.165, 1.54) is 0 Å². The Morgan fingerprint density at radius 2 is 2.20 bits per heavy atom. The maximum absolute atomic E-state index is 5.94. The Morgan fingerprint density at radius 3 is 2.80 bits per heavy atom. The Hall–Kier alpha value is -0.730. The lowest BCUT2D eigenvalue weighted by Gasteiger charge is -2.13. The molecule has 1 rings (SSSR count). The topological polar surface area (TPSA) is 21.3 Å². The fourth-order valence-electron chi connectivity index (χ4n) is 1.31. The van der Waals surface area contributed by atoms with Gasteiger partial charge in [0.1, 0.15) is 5.75 Å². The third-order valence-corrected chi connectivity index (χ3v) is 2.73. The van der Waals surface area contributed by atoms with Crippen molar-refractivity contribution in [3.63, 3.8) is 0 Å². The SMILES string of the molecule is CC[C@H](C)NCc1cc(Cl)ccc1OC. The van der Waals surface area contributed by atoms with E-state index in [9.17, 15) is 0 Å². The van der Waals surface area contributed by atoms with Gasteiger partial charge in [0.05, 0.1) is 7.11 Å². The fourth-order valence-corrected chi connectivity index (χ4v) is 1.51. The van der Waals surface area contributed by atoms with E-state index in [1.54, 1.807) is 7.11 Å². The second kappa shape index (κ2) is 5.99. The summed E-state index contributed by atoms with van der Waals surface area (Å²) in [5.41, 5.74) is 1.10. The van der Waals surface area contributed by atoms with Crippen LogP contribution in [0.5, 0.6) is 5.75 Å². The second-order valence-corrected chi connectivity index (χ2v) is 4.08. The summed E-state index contributed by atoms with van der Waals surface area (Å²) in [4.78, 5) is 0. The molecule has 15 heavy (non-hydrogen) atoms. The molecule has 0 aliphatic rings. The normalized spacial score (nSPS) is 12.5. The minimum absolute atomic E-state index is 0.508. The van der Waals surface area contributed by atoms with Crippen molar-refractivity contribution in [2.75, 3.05) is 7.11 Å². The third kappa shape index (κ3) is 3.73. The van der Waals surface area contributed by atoms with Gasteiger partial charge in [-0.05, 0) is 31.5 Å². The van der Waals surface area contributed by atoms with Crippen LogP contribution in [0.15, 0.2) is 18.2 Å². The van der Waals surface area contributed by atoms with Crippen LogP contribution in [0.4, 0.5) is 0 Å². The molecule has 0 bridgehead atoms. The molecule has 0 aliphatic heterocycles. The summed E-state index contributed by atoms with van der Waals surface area (Å²) in [6.07, 6.45) is 1.11. The number of methoxy groups -OCH3 is 1. The molecule has 84 valence electrons. The summed E-state index contributed by atoms with van der Waals surface area (Å²) < 4.78 is 5.27. The molecule has 0 aromatic heterocycles. The summed E-state index contributed by atoms with van der Waals surface area (Å²) in [6, 6.07) is 6.19. The van der Waals surface area contributed by atoms with Gasteiger partial charge in [-0.25, -0.2) is 0 Å². The lowest BCUT2D eigenvalue weighted by Crippen LogP contribution is -2.24. The minimum atomic E-state index is 0.508. The molecule has 3 heteroatoms. The highest BCUT2D eigenvalue weighted by molar-refractivity contribution is 6.30. The maximum Gasteiger partial charge on any atom is 0.123 e. The predicted octanol–water partition coefficient (Wildman–Crippen LogP) is 3.24. The van der Waals surface area contributed by atoms with Crippen LogP contribution in [-0.4, -0.2) is 13.2 Å². The average Bonchev–Trinajstić information content (AvgIpc) is 2.26. The van der Waals surface area contributed by atoms with Gasteiger partial charge in [0, 0.05) is 23.2 Å². The monoisotopic (exact) mass is 227 g/mol. The number of rotatable bonds is 5. The minimum Gasteiger partial charge on any atom is -0.496 e. The smallest absolute Gasteiger partial charge is 0.123 e. The zero-order chi connectivity index (χ0) is 11.3. The third-order valence-electron chi connectivity index (χ3n) is 2.50. The number of halogens is 1. The molecule has 0 saturated carbocycles. The standard InChI is InChI=1S/C12H18ClNO/c1-4-9(2)14-8-10-7-11(13)5-6-12(10)15-3/h5-7,9,14H,4,8H2,1-3H3/t9-/m0/s1. The number of benzene rings is 1. The summed E-state index contributed by atoms with van der Waals surface area (Å²) in [5.74, 6) is 0.884. The molecule has 0 amide bonds. The van der Waals surface area contributed by atoms with Gasteiger partial charge in [0.15, 0.2) is 0 Å². The average molecular weight is 228 g/mol. The van der Waals surface area contributed by atoms with Gasteiger partial charge in [-0.1, -0.05) is 18.5 Å². The van der Waals surface area contributed by atoms with Gasteiger partial charge >= 0.3 is 0 Å². The van der Waals surface area contributed by atoms with Crippen molar-refractivity contribution in [1.82, 2.24) is 5.32 Å². The summed E-state index contributed by atoms with van der Waals surface area (Å²) in [7, 11) is 1.68. The van der Waals surface area contributed by atoms with E-state index in [0.29, 0.717) is 6.04 Å². The van der Waals surface area contributed by atoms with Crippen LogP contribution in [0.1, 0.15) is 25.8 Å². The van der Waals surface area contributed by atoms with Gasteiger partial charge in [-0.2, -0.15) is 0 Å². The highest BCUT2D eigenvalue weighted by atomic mass is 35.5. The first-order valence-electron chi connectivity index (χ1n) is 5.23. The fraction of sp³-hybridized carbons (Fsp3) is 0.500. The van der Waals surface area contributed by atoms with E-state index in [4.69, 9.17) is 16.3 Å². The molecule has 0 saturated heterocycles. The lowest BCUT2D eigenvalue weighted by atomic mass is 10.2. The van der Waals surface area contributed by atoms with Crippen LogP contribution in [0.3, 0.4) is 0 Å². The molecule has 0 unspecified atom stereocenters. The van der Waals surface area contributed by atoms with E-state index in [-0.39, 0.29) is 0 Å². The Morgan fingerprint density at radius 1 is 1.47 bits per heavy atom. The van der Waals surface area contributed by atoms with E-state index >= 15 is 0 Å². The van der Waals surface area contributed by atoms with Gasteiger partial charge < -0.3 is 10.1 Å². The highest BCUT2D eigenvalue weighted by Gasteiger charge is 2.05. The molecule has 0 fully saturated rings. The molecule has 1 atom stereocenters. The van der Waals surface area contributed by atoms with Crippen molar-refractivity contribution in [1.29, 1.82) is 0 Å². The summed E-state index contributed by atoms with van der Waals surface area (Å²) >= 11 is 5.94. The van der Waals surface area contributed by atoms with Crippen molar-refractivity contribution in [3.8, 4) is 5.75 Å². The zero-order valence-electron chi connectivity index (χ0n) is 9.51. The number of ether oxygens (including phenoxy) is 1. The van der Waals surface area contributed by atoms with Crippen LogP contribution in [0.2, 0.25) is 5.02 Å². The van der Waals surface area contributed by atoms with E-state index in [1.807, 2.05) is 18.2 Å². The lowest BCUT2D eigenvalue weighted by molar-refractivity contribution is 0.405. The molecule has 1 aromatic rings. The number of hydrogen-bond acceptors (Lipinski definition) is 2. The molecule has 0 radical (unpaired) electrons. The quantitative estimate of drug-likeness (QED) is 0.834. The van der Waals surface area contributed by atoms with E-state index in [2.05, 4.69) is 19.2 Å².